The third-order valence-electron chi connectivity index (χ3n) is 2.33. The van der Waals surface area contributed by atoms with Gasteiger partial charge in [-0.1, -0.05) is 0 Å². The third kappa shape index (κ3) is 2.94. The SMILES string of the molecule is Cc1cnc(C(=O)Nc2sc(C)cc2C(=O)O)cn1. The summed E-state index contributed by atoms with van der Waals surface area (Å²) in [4.78, 5) is 31.6. The highest BCUT2D eigenvalue weighted by Crippen LogP contribution is 2.27. The molecule has 2 rings (SSSR count). The van der Waals surface area contributed by atoms with E-state index in [1.54, 1.807) is 13.8 Å². The van der Waals surface area contributed by atoms with E-state index in [0.29, 0.717) is 10.7 Å². The summed E-state index contributed by atoms with van der Waals surface area (Å²) in [5.74, 6) is -1.55. The van der Waals surface area contributed by atoms with Gasteiger partial charge in [-0.3, -0.25) is 9.78 Å². The molecule has 6 nitrogen and oxygen atoms in total. The van der Waals surface area contributed by atoms with Gasteiger partial charge in [0.15, 0.2) is 0 Å². The zero-order valence-corrected chi connectivity index (χ0v) is 11.1. The number of nitrogens with zero attached hydrogens (tertiary/aromatic N) is 2. The zero-order valence-electron chi connectivity index (χ0n) is 10.3. The Bertz CT molecular complexity index is 634. The molecule has 0 aliphatic carbocycles. The molecule has 0 aromatic carbocycles. The second kappa shape index (κ2) is 5.15. The minimum absolute atomic E-state index is 0.0796. The topological polar surface area (TPSA) is 92.2 Å². The first-order chi connectivity index (χ1) is 8.97. The van der Waals surface area contributed by atoms with Crippen LogP contribution >= 0.6 is 11.3 Å². The van der Waals surface area contributed by atoms with Crippen molar-refractivity contribution in [1.82, 2.24) is 9.97 Å². The Balaban J connectivity index is 2.24. The number of aromatic carboxylic acids is 1. The number of nitrogens with one attached hydrogen (secondary N) is 1. The van der Waals surface area contributed by atoms with Crippen LogP contribution in [0.5, 0.6) is 0 Å². The number of amides is 1. The summed E-state index contributed by atoms with van der Waals surface area (Å²) >= 11 is 1.21. The quantitative estimate of drug-likeness (QED) is 0.896. The van der Waals surface area contributed by atoms with Crippen molar-refractivity contribution in [2.24, 2.45) is 0 Å². The Hall–Kier alpha value is -2.28. The molecule has 0 unspecified atom stereocenters. The maximum Gasteiger partial charge on any atom is 0.338 e. The maximum absolute atomic E-state index is 11.9. The van der Waals surface area contributed by atoms with Crippen molar-refractivity contribution in [2.45, 2.75) is 13.8 Å². The monoisotopic (exact) mass is 277 g/mol. The van der Waals surface area contributed by atoms with Gasteiger partial charge in [0.2, 0.25) is 0 Å². The number of thiophene rings is 1. The van der Waals surface area contributed by atoms with Crippen LogP contribution in [0.1, 0.15) is 31.4 Å². The Labute approximate surface area is 113 Å². The van der Waals surface area contributed by atoms with Crippen molar-refractivity contribution in [3.05, 3.63) is 40.3 Å². The lowest BCUT2D eigenvalue weighted by atomic mass is 10.3. The minimum Gasteiger partial charge on any atom is -0.478 e. The van der Waals surface area contributed by atoms with Crippen LogP contribution in [0, 0.1) is 13.8 Å². The molecule has 2 aromatic heterocycles. The third-order valence-corrected chi connectivity index (χ3v) is 3.29. The number of rotatable bonds is 3. The molecule has 7 heteroatoms. The van der Waals surface area contributed by atoms with Gasteiger partial charge in [0.1, 0.15) is 10.7 Å². The summed E-state index contributed by atoms with van der Waals surface area (Å²) in [6.07, 6.45) is 2.83. The Kier molecular flexibility index (Phi) is 3.57. The van der Waals surface area contributed by atoms with Gasteiger partial charge in [-0.05, 0) is 19.9 Å². The van der Waals surface area contributed by atoms with E-state index >= 15 is 0 Å². The lowest BCUT2D eigenvalue weighted by molar-refractivity contribution is 0.0698. The summed E-state index contributed by atoms with van der Waals surface area (Å²) in [5, 5.41) is 11.9. The predicted octanol–water partition coefficient (Wildman–Crippen LogP) is 2.11. The van der Waals surface area contributed by atoms with E-state index in [0.717, 1.165) is 4.88 Å². The molecule has 0 atom stereocenters. The fourth-order valence-electron chi connectivity index (χ4n) is 1.44. The number of aromatic nitrogens is 2. The number of carboxylic acids is 1. The second-order valence-corrected chi connectivity index (χ2v) is 5.16. The molecule has 0 bridgehead atoms. The van der Waals surface area contributed by atoms with Crippen molar-refractivity contribution < 1.29 is 14.7 Å². The van der Waals surface area contributed by atoms with Crippen molar-refractivity contribution in [1.29, 1.82) is 0 Å². The van der Waals surface area contributed by atoms with E-state index < -0.39 is 11.9 Å². The molecule has 0 saturated carbocycles. The van der Waals surface area contributed by atoms with Gasteiger partial charge < -0.3 is 10.4 Å². The molecule has 2 heterocycles. The van der Waals surface area contributed by atoms with Crippen LogP contribution in [0.3, 0.4) is 0 Å². The number of carbonyl (C=O) groups excluding carboxylic acids is 1. The first-order valence-corrected chi connectivity index (χ1v) is 6.22. The van der Waals surface area contributed by atoms with Gasteiger partial charge in [0.25, 0.3) is 5.91 Å². The highest BCUT2D eigenvalue weighted by molar-refractivity contribution is 7.16. The van der Waals surface area contributed by atoms with Crippen molar-refractivity contribution in [3.63, 3.8) is 0 Å². The lowest BCUT2D eigenvalue weighted by Crippen LogP contribution is -2.15. The first-order valence-electron chi connectivity index (χ1n) is 5.41. The molecule has 19 heavy (non-hydrogen) atoms. The molecule has 0 spiro atoms. The number of carbonyl (C=O) groups is 2. The largest absolute Gasteiger partial charge is 0.478 e. The summed E-state index contributed by atoms with van der Waals surface area (Å²) in [5.41, 5.74) is 0.929. The summed E-state index contributed by atoms with van der Waals surface area (Å²) in [6, 6.07) is 1.52. The fraction of sp³-hybridized carbons (Fsp3) is 0.167. The molecule has 0 radical (unpaired) electrons. The van der Waals surface area contributed by atoms with Gasteiger partial charge in [-0.15, -0.1) is 11.3 Å². The highest BCUT2D eigenvalue weighted by Gasteiger charge is 2.17. The van der Waals surface area contributed by atoms with Crippen LogP contribution in [0.4, 0.5) is 5.00 Å². The maximum atomic E-state index is 11.9. The average Bonchev–Trinajstić information content (AvgIpc) is 2.71. The molecule has 0 aliphatic rings. The van der Waals surface area contributed by atoms with Crippen molar-refractivity contribution in [2.75, 3.05) is 5.32 Å². The molecule has 0 fully saturated rings. The van der Waals surface area contributed by atoms with E-state index in [1.807, 2.05) is 0 Å². The molecule has 0 saturated heterocycles. The molecule has 98 valence electrons. The Morgan fingerprint density at radius 1 is 1.26 bits per heavy atom. The van der Waals surface area contributed by atoms with Gasteiger partial charge >= 0.3 is 5.97 Å². The number of carboxylic acid groups (broad SMARTS) is 1. The van der Waals surface area contributed by atoms with E-state index in [-0.39, 0.29) is 11.3 Å². The van der Waals surface area contributed by atoms with Gasteiger partial charge in [0, 0.05) is 11.1 Å². The van der Waals surface area contributed by atoms with E-state index in [4.69, 9.17) is 5.11 Å². The molecule has 1 amide bonds. The summed E-state index contributed by atoms with van der Waals surface area (Å²) in [7, 11) is 0. The van der Waals surface area contributed by atoms with E-state index in [9.17, 15) is 9.59 Å². The fourth-order valence-corrected chi connectivity index (χ4v) is 2.34. The average molecular weight is 277 g/mol. The minimum atomic E-state index is -1.07. The molecular weight excluding hydrogens is 266 g/mol. The van der Waals surface area contributed by atoms with Crippen LogP contribution in [-0.4, -0.2) is 27.0 Å². The van der Waals surface area contributed by atoms with Gasteiger partial charge in [-0.25, -0.2) is 9.78 Å². The van der Waals surface area contributed by atoms with Crippen LogP contribution < -0.4 is 5.32 Å². The van der Waals surface area contributed by atoms with Crippen molar-refractivity contribution in [3.8, 4) is 0 Å². The van der Waals surface area contributed by atoms with E-state index in [2.05, 4.69) is 15.3 Å². The van der Waals surface area contributed by atoms with Crippen LogP contribution in [0.15, 0.2) is 18.5 Å². The normalized spacial score (nSPS) is 10.2. The van der Waals surface area contributed by atoms with Crippen LogP contribution in [0.2, 0.25) is 0 Å². The Morgan fingerprint density at radius 3 is 2.58 bits per heavy atom. The second-order valence-electron chi connectivity index (χ2n) is 3.90. The van der Waals surface area contributed by atoms with E-state index in [1.165, 1.54) is 29.8 Å². The summed E-state index contributed by atoms with van der Waals surface area (Å²) in [6.45, 7) is 3.54. The summed E-state index contributed by atoms with van der Waals surface area (Å²) < 4.78 is 0. The lowest BCUT2D eigenvalue weighted by Gasteiger charge is -2.03. The highest BCUT2D eigenvalue weighted by atomic mass is 32.1. The smallest absolute Gasteiger partial charge is 0.338 e. The first kappa shape index (κ1) is 13.2. The number of anilines is 1. The zero-order chi connectivity index (χ0) is 14.0. The van der Waals surface area contributed by atoms with Crippen LogP contribution in [0.25, 0.3) is 0 Å². The molecule has 0 aliphatic heterocycles. The number of aryl methyl sites for hydroxylation is 2. The number of hydrogen-bond donors (Lipinski definition) is 2. The predicted molar refractivity (Wildman–Crippen MR) is 70.7 cm³/mol. The molecule has 2 aromatic rings. The molecular formula is C12H11N3O3S. The van der Waals surface area contributed by atoms with Gasteiger partial charge in [-0.2, -0.15) is 0 Å². The van der Waals surface area contributed by atoms with Crippen LogP contribution in [-0.2, 0) is 0 Å². The standard InChI is InChI=1S/C12H11N3O3S/c1-6-4-14-9(5-13-6)10(16)15-11-8(12(17)18)3-7(2)19-11/h3-5H,1-2H3,(H,15,16)(H,17,18). The van der Waals surface area contributed by atoms with Gasteiger partial charge in [0.05, 0.1) is 17.5 Å². The number of hydrogen-bond acceptors (Lipinski definition) is 5. The van der Waals surface area contributed by atoms with Crippen molar-refractivity contribution >= 4 is 28.2 Å². The Morgan fingerprint density at radius 2 is 2.00 bits per heavy atom. The molecule has 2 N–H and O–H groups in total.